The summed E-state index contributed by atoms with van der Waals surface area (Å²) < 4.78 is 5.64. The predicted molar refractivity (Wildman–Crippen MR) is 89.7 cm³/mol. The molecule has 0 radical (unpaired) electrons. The number of nitrogens with zero attached hydrogens (tertiary/aromatic N) is 3. The molecule has 2 aliphatic heterocycles. The monoisotopic (exact) mass is 349 g/mol. The number of carbonyl (C=O) groups is 2. The molecular weight excluding hydrogens is 326 g/mol. The van der Waals surface area contributed by atoms with Crippen molar-refractivity contribution in [3.63, 3.8) is 0 Å². The highest BCUT2D eigenvalue weighted by molar-refractivity contribution is 7.09. The Balaban J connectivity index is 1.41. The summed E-state index contributed by atoms with van der Waals surface area (Å²) in [4.78, 5) is 33.1. The van der Waals surface area contributed by atoms with Crippen molar-refractivity contribution in [1.29, 1.82) is 0 Å². The molecule has 1 aromatic rings. The highest BCUT2D eigenvalue weighted by Crippen LogP contribution is 2.34. The second-order valence-corrected chi connectivity index (χ2v) is 8.05. The molecule has 2 saturated heterocycles. The summed E-state index contributed by atoms with van der Waals surface area (Å²) in [6.45, 7) is 3.20. The van der Waals surface area contributed by atoms with E-state index in [9.17, 15) is 9.59 Å². The minimum atomic E-state index is -0.228. The van der Waals surface area contributed by atoms with E-state index in [1.807, 2.05) is 17.2 Å². The Hall–Kier alpha value is -1.63. The van der Waals surface area contributed by atoms with Gasteiger partial charge in [0, 0.05) is 18.3 Å². The molecule has 1 aromatic heterocycles. The summed E-state index contributed by atoms with van der Waals surface area (Å²) in [6, 6.07) is 0.0711. The summed E-state index contributed by atoms with van der Waals surface area (Å²) in [7, 11) is 0. The van der Waals surface area contributed by atoms with E-state index in [0.29, 0.717) is 19.5 Å². The fraction of sp³-hybridized carbons (Fsp3) is 0.706. The third-order valence-corrected chi connectivity index (χ3v) is 6.24. The predicted octanol–water partition coefficient (Wildman–Crippen LogP) is 2.71. The molecule has 0 N–H and O–H groups in total. The molecular formula is C17H23N3O3S. The van der Waals surface area contributed by atoms with Crippen LogP contribution in [0.5, 0.6) is 0 Å². The fourth-order valence-electron chi connectivity index (χ4n) is 4.23. The van der Waals surface area contributed by atoms with Crippen molar-refractivity contribution in [3.8, 4) is 0 Å². The van der Waals surface area contributed by atoms with Crippen LogP contribution < -0.4 is 0 Å². The van der Waals surface area contributed by atoms with E-state index in [-0.39, 0.29) is 30.2 Å². The number of aryl methyl sites for hydroxylation is 1. The summed E-state index contributed by atoms with van der Waals surface area (Å²) in [6.07, 6.45) is 5.32. The van der Waals surface area contributed by atoms with Crippen LogP contribution in [0.25, 0.3) is 0 Å². The van der Waals surface area contributed by atoms with Crippen LogP contribution in [-0.2, 0) is 16.1 Å². The number of hydrogen-bond donors (Lipinski definition) is 0. The molecule has 4 rings (SSSR count). The Morgan fingerprint density at radius 2 is 2.12 bits per heavy atom. The zero-order chi connectivity index (χ0) is 16.7. The van der Waals surface area contributed by atoms with Gasteiger partial charge in [-0.05, 0) is 39.0 Å². The largest absolute Gasteiger partial charge is 0.446 e. The Kier molecular flexibility index (Phi) is 4.20. The molecule has 3 fully saturated rings. The first kappa shape index (κ1) is 15.9. The maximum atomic E-state index is 12.5. The maximum absolute atomic E-state index is 12.5. The first-order valence-electron chi connectivity index (χ1n) is 8.79. The van der Waals surface area contributed by atoms with Gasteiger partial charge in [-0.25, -0.2) is 9.78 Å². The van der Waals surface area contributed by atoms with Crippen LogP contribution in [0.4, 0.5) is 4.79 Å². The van der Waals surface area contributed by atoms with E-state index in [2.05, 4.69) is 4.98 Å². The molecule has 0 aromatic carbocycles. The SMILES string of the molecule is Cc1nc(CN2C(=O)C[C@H]3[C@@H]2CCN3C(=O)OC2CCCC2)cs1. The van der Waals surface area contributed by atoms with E-state index in [1.165, 1.54) is 0 Å². The number of carbonyl (C=O) groups excluding carboxylic acids is 2. The van der Waals surface area contributed by atoms with E-state index < -0.39 is 0 Å². The van der Waals surface area contributed by atoms with Gasteiger partial charge < -0.3 is 14.5 Å². The molecule has 0 unspecified atom stereocenters. The van der Waals surface area contributed by atoms with Crippen LogP contribution in [0.2, 0.25) is 0 Å². The Morgan fingerprint density at radius 1 is 1.33 bits per heavy atom. The summed E-state index contributed by atoms with van der Waals surface area (Å²) in [5, 5.41) is 3.03. The maximum Gasteiger partial charge on any atom is 0.410 e. The van der Waals surface area contributed by atoms with Gasteiger partial charge in [0.2, 0.25) is 5.91 Å². The molecule has 24 heavy (non-hydrogen) atoms. The second kappa shape index (κ2) is 6.35. The summed E-state index contributed by atoms with van der Waals surface area (Å²) in [5.74, 6) is 0.119. The van der Waals surface area contributed by atoms with Crippen LogP contribution in [0.3, 0.4) is 0 Å². The minimum Gasteiger partial charge on any atom is -0.446 e. The van der Waals surface area contributed by atoms with Crippen LogP contribution in [-0.4, -0.2) is 51.5 Å². The topological polar surface area (TPSA) is 62.7 Å². The lowest BCUT2D eigenvalue weighted by Gasteiger charge is -2.25. The van der Waals surface area contributed by atoms with Gasteiger partial charge in [0.1, 0.15) is 6.10 Å². The number of fused-ring (bicyclic) bond motifs is 1. The molecule has 3 heterocycles. The Bertz CT molecular complexity index is 641. The van der Waals surface area contributed by atoms with Gasteiger partial charge in [-0.1, -0.05) is 0 Å². The lowest BCUT2D eigenvalue weighted by atomic mass is 10.1. The van der Waals surface area contributed by atoms with Gasteiger partial charge in [0.05, 0.1) is 29.3 Å². The number of likely N-dealkylation sites (tertiary alicyclic amines) is 2. The average Bonchev–Trinajstić information content (AvgIpc) is 3.29. The van der Waals surface area contributed by atoms with Crippen molar-refractivity contribution < 1.29 is 14.3 Å². The molecule has 2 amide bonds. The van der Waals surface area contributed by atoms with Gasteiger partial charge >= 0.3 is 6.09 Å². The van der Waals surface area contributed by atoms with Crippen molar-refractivity contribution in [3.05, 3.63) is 16.1 Å². The third-order valence-electron chi connectivity index (χ3n) is 5.42. The molecule has 0 bridgehead atoms. The Morgan fingerprint density at radius 3 is 2.83 bits per heavy atom. The van der Waals surface area contributed by atoms with Crippen molar-refractivity contribution in [2.45, 2.75) is 70.2 Å². The van der Waals surface area contributed by atoms with E-state index in [0.717, 1.165) is 42.8 Å². The van der Waals surface area contributed by atoms with E-state index in [4.69, 9.17) is 4.74 Å². The number of amides is 2. The van der Waals surface area contributed by atoms with Crippen molar-refractivity contribution in [2.24, 2.45) is 0 Å². The highest BCUT2D eigenvalue weighted by Gasteiger charge is 2.49. The van der Waals surface area contributed by atoms with E-state index >= 15 is 0 Å². The van der Waals surface area contributed by atoms with Gasteiger partial charge in [-0.3, -0.25) is 4.79 Å². The molecule has 0 spiro atoms. The highest BCUT2D eigenvalue weighted by atomic mass is 32.1. The Labute approximate surface area is 145 Å². The molecule has 1 aliphatic carbocycles. The number of rotatable bonds is 3. The van der Waals surface area contributed by atoms with Gasteiger partial charge in [-0.2, -0.15) is 0 Å². The zero-order valence-electron chi connectivity index (χ0n) is 13.9. The normalized spacial score (nSPS) is 27.1. The molecule has 6 nitrogen and oxygen atoms in total. The molecule has 1 saturated carbocycles. The zero-order valence-corrected chi connectivity index (χ0v) is 14.8. The van der Waals surface area contributed by atoms with Crippen LogP contribution in [0.15, 0.2) is 5.38 Å². The molecule has 7 heteroatoms. The minimum absolute atomic E-state index is 0.0360. The quantitative estimate of drug-likeness (QED) is 0.842. The first-order valence-corrected chi connectivity index (χ1v) is 9.67. The standard InChI is InChI=1S/C17H23N3O3S/c1-11-18-12(10-24-11)9-20-14-6-7-19(15(14)8-16(20)21)17(22)23-13-4-2-3-5-13/h10,13-15H,2-9H2,1H3/t14-,15-/m0/s1. The first-order chi connectivity index (χ1) is 11.6. The van der Waals surface area contributed by atoms with Gasteiger partial charge in [-0.15, -0.1) is 11.3 Å². The van der Waals surface area contributed by atoms with Crippen LogP contribution in [0, 0.1) is 6.92 Å². The van der Waals surface area contributed by atoms with Gasteiger partial charge in [0.15, 0.2) is 0 Å². The second-order valence-electron chi connectivity index (χ2n) is 6.99. The third kappa shape index (κ3) is 2.90. The lowest BCUT2D eigenvalue weighted by Crippen LogP contribution is -2.40. The van der Waals surface area contributed by atoms with Crippen molar-refractivity contribution in [2.75, 3.05) is 6.54 Å². The smallest absolute Gasteiger partial charge is 0.410 e. The van der Waals surface area contributed by atoms with Gasteiger partial charge in [0.25, 0.3) is 0 Å². The number of thiazole rings is 1. The molecule has 2 atom stereocenters. The van der Waals surface area contributed by atoms with Crippen LogP contribution >= 0.6 is 11.3 Å². The number of ether oxygens (including phenoxy) is 1. The fourth-order valence-corrected chi connectivity index (χ4v) is 4.84. The number of aromatic nitrogens is 1. The lowest BCUT2D eigenvalue weighted by molar-refractivity contribution is -0.129. The number of hydrogen-bond acceptors (Lipinski definition) is 5. The van der Waals surface area contributed by atoms with Crippen LogP contribution in [0.1, 0.15) is 49.2 Å². The van der Waals surface area contributed by atoms with Crippen molar-refractivity contribution >= 4 is 23.3 Å². The van der Waals surface area contributed by atoms with Crippen molar-refractivity contribution in [1.82, 2.24) is 14.8 Å². The van der Waals surface area contributed by atoms with E-state index in [1.54, 1.807) is 16.2 Å². The molecule has 3 aliphatic rings. The average molecular weight is 349 g/mol. The summed E-state index contributed by atoms with van der Waals surface area (Å²) in [5.41, 5.74) is 0.943. The summed E-state index contributed by atoms with van der Waals surface area (Å²) >= 11 is 1.60. The molecule has 130 valence electrons.